The van der Waals surface area contributed by atoms with Gasteiger partial charge in [0.25, 0.3) is 0 Å². The molecule has 4 atom stereocenters. The van der Waals surface area contributed by atoms with E-state index in [0.29, 0.717) is 26.3 Å². The molecule has 23 heavy (non-hydrogen) atoms. The number of aliphatic hydroxyl groups is 2. The summed E-state index contributed by atoms with van der Waals surface area (Å²) in [6.45, 7) is 2.45. The molecule has 2 saturated heterocycles. The van der Waals surface area contributed by atoms with Gasteiger partial charge in [0.05, 0.1) is 19.8 Å². The van der Waals surface area contributed by atoms with Crippen LogP contribution in [0.15, 0.2) is 17.1 Å². The number of hydrogen-bond donors (Lipinski definition) is 3. The fraction of sp³-hybridized carbons (Fsp3) is 0.692. The van der Waals surface area contributed by atoms with Crippen molar-refractivity contribution in [2.45, 2.75) is 24.5 Å². The van der Waals surface area contributed by atoms with Gasteiger partial charge in [-0.25, -0.2) is 4.79 Å². The van der Waals surface area contributed by atoms with Crippen molar-refractivity contribution in [3.05, 3.63) is 22.7 Å². The molecule has 2 aliphatic rings. The Morgan fingerprint density at radius 1 is 1.35 bits per heavy atom. The van der Waals surface area contributed by atoms with Crippen LogP contribution in [0.4, 0.5) is 5.82 Å². The van der Waals surface area contributed by atoms with Gasteiger partial charge in [-0.2, -0.15) is 10.0 Å². The van der Waals surface area contributed by atoms with Crippen molar-refractivity contribution in [1.82, 2.24) is 14.6 Å². The molecule has 10 heteroatoms. The monoisotopic (exact) mass is 328 g/mol. The molecule has 0 bridgehead atoms. The number of hydroxylamine groups is 2. The largest absolute Gasteiger partial charge is 0.387 e. The van der Waals surface area contributed by atoms with Gasteiger partial charge < -0.3 is 25.4 Å². The second-order valence-electron chi connectivity index (χ2n) is 5.43. The number of nitrogen functional groups attached to an aromatic ring is 1. The molecular weight excluding hydrogens is 308 g/mol. The van der Waals surface area contributed by atoms with Crippen LogP contribution in [0.3, 0.4) is 0 Å². The van der Waals surface area contributed by atoms with E-state index in [4.69, 9.17) is 20.0 Å². The van der Waals surface area contributed by atoms with Crippen molar-refractivity contribution in [2.24, 2.45) is 0 Å². The van der Waals surface area contributed by atoms with Gasteiger partial charge >= 0.3 is 5.69 Å². The number of anilines is 1. The minimum atomic E-state index is -1.27. The molecule has 128 valence electrons. The maximum absolute atomic E-state index is 11.8. The first-order chi connectivity index (χ1) is 11.1. The van der Waals surface area contributed by atoms with Crippen molar-refractivity contribution in [3.63, 3.8) is 0 Å². The van der Waals surface area contributed by atoms with Crippen LogP contribution in [0.25, 0.3) is 0 Å². The van der Waals surface area contributed by atoms with E-state index >= 15 is 0 Å². The molecule has 2 aliphatic heterocycles. The Morgan fingerprint density at radius 2 is 2.09 bits per heavy atom. The Morgan fingerprint density at radius 3 is 2.78 bits per heavy atom. The highest BCUT2D eigenvalue weighted by Crippen LogP contribution is 2.28. The van der Waals surface area contributed by atoms with Crippen LogP contribution < -0.4 is 11.4 Å². The van der Waals surface area contributed by atoms with Crippen LogP contribution in [0.1, 0.15) is 6.23 Å². The van der Waals surface area contributed by atoms with Crippen LogP contribution in [-0.2, 0) is 14.3 Å². The summed E-state index contributed by atoms with van der Waals surface area (Å²) in [4.78, 5) is 21.0. The lowest BCUT2D eigenvalue weighted by Crippen LogP contribution is -2.40. The average molecular weight is 328 g/mol. The molecule has 3 rings (SSSR count). The molecule has 0 aromatic carbocycles. The summed E-state index contributed by atoms with van der Waals surface area (Å²) >= 11 is 0. The highest BCUT2D eigenvalue weighted by atomic mass is 16.7. The van der Waals surface area contributed by atoms with Crippen molar-refractivity contribution in [2.75, 3.05) is 38.6 Å². The summed E-state index contributed by atoms with van der Waals surface area (Å²) in [6, 6.07) is 1.42. The number of aliphatic hydroxyl groups excluding tert-OH is 2. The number of rotatable bonds is 4. The topological polar surface area (TPSA) is 132 Å². The summed E-state index contributed by atoms with van der Waals surface area (Å²) in [5.41, 5.74) is 4.78. The van der Waals surface area contributed by atoms with E-state index in [1.807, 2.05) is 0 Å². The van der Waals surface area contributed by atoms with Gasteiger partial charge in [-0.3, -0.25) is 9.40 Å². The number of nitrogens with two attached hydrogens (primary N) is 1. The van der Waals surface area contributed by atoms with Crippen molar-refractivity contribution in [3.8, 4) is 0 Å². The highest BCUT2D eigenvalue weighted by molar-refractivity contribution is 5.23. The molecular formula is C13H20N4O6. The lowest BCUT2D eigenvalue weighted by molar-refractivity contribution is -0.217. The highest BCUT2D eigenvalue weighted by Gasteiger charge is 2.44. The fourth-order valence-corrected chi connectivity index (χ4v) is 2.57. The van der Waals surface area contributed by atoms with Crippen molar-refractivity contribution >= 4 is 5.82 Å². The lowest BCUT2D eigenvalue weighted by Gasteiger charge is -2.27. The molecule has 0 radical (unpaired) electrons. The van der Waals surface area contributed by atoms with E-state index in [1.54, 1.807) is 5.06 Å². The summed E-state index contributed by atoms with van der Waals surface area (Å²) in [5, 5.41) is 22.0. The van der Waals surface area contributed by atoms with Gasteiger partial charge in [0.15, 0.2) is 6.23 Å². The zero-order chi connectivity index (χ0) is 16.4. The number of morpholine rings is 1. The first-order valence-electron chi connectivity index (χ1n) is 7.38. The van der Waals surface area contributed by atoms with E-state index in [1.165, 1.54) is 12.3 Å². The maximum atomic E-state index is 11.8. The standard InChI is InChI=1S/C13H20N4O6/c14-9-1-2-17(13(20)15-9)12-11(19)10(18)8(23-12)7-22-16-3-5-21-6-4-16/h1-2,8,10-12,18-19H,3-7H2,(H2,14,15,20)/t8-,10-,11-,12-/m1/s1. The minimum absolute atomic E-state index is 0.0614. The molecule has 0 aliphatic carbocycles. The average Bonchev–Trinajstić information content (AvgIpc) is 2.82. The lowest BCUT2D eigenvalue weighted by atomic mass is 10.1. The van der Waals surface area contributed by atoms with Gasteiger partial charge in [0.2, 0.25) is 0 Å². The van der Waals surface area contributed by atoms with Crippen molar-refractivity contribution in [1.29, 1.82) is 0 Å². The SMILES string of the molecule is Nc1ccn([C@@H]2O[C@H](CON3CCOCC3)[C@@H](O)[C@H]2O)c(=O)n1. The van der Waals surface area contributed by atoms with Crippen LogP contribution in [-0.4, -0.2) is 76.0 Å². The third kappa shape index (κ3) is 3.52. The molecule has 0 saturated carbocycles. The first kappa shape index (κ1) is 16.3. The Hall–Kier alpha value is -1.56. The molecule has 0 spiro atoms. The van der Waals surface area contributed by atoms with Crippen LogP contribution >= 0.6 is 0 Å². The third-order valence-electron chi connectivity index (χ3n) is 3.85. The van der Waals surface area contributed by atoms with Gasteiger partial charge in [-0.05, 0) is 6.07 Å². The summed E-state index contributed by atoms with van der Waals surface area (Å²) in [5.74, 6) is 0.0754. The van der Waals surface area contributed by atoms with Crippen molar-refractivity contribution < 1.29 is 24.5 Å². The Labute approximate surface area is 131 Å². The van der Waals surface area contributed by atoms with E-state index < -0.39 is 30.2 Å². The third-order valence-corrected chi connectivity index (χ3v) is 3.85. The van der Waals surface area contributed by atoms with E-state index in [0.717, 1.165) is 4.57 Å². The fourth-order valence-electron chi connectivity index (χ4n) is 2.57. The van der Waals surface area contributed by atoms with Crippen LogP contribution in [0.5, 0.6) is 0 Å². The molecule has 1 aromatic rings. The molecule has 10 nitrogen and oxygen atoms in total. The zero-order valence-electron chi connectivity index (χ0n) is 12.4. The number of ether oxygens (including phenoxy) is 2. The van der Waals surface area contributed by atoms with Gasteiger partial charge in [-0.1, -0.05) is 0 Å². The molecule has 1 aromatic heterocycles. The molecule has 3 heterocycles. The predicted octanol–water partition coefficient (Wildman–Crippen LogP) is -2.29. The van der Waals surface area contributed by atoms with E-state index in [9.17, 15) is 15.0 Å². The molecule has 0 unspecified atom stereocenters. The first-order valence-corrected chi connectivity index (χ1v) is 7.38. The van der Waals surface area contributed by atoms with Gasteiger partial charge in [-0.15, -0.1) is 0 Å². The van der Waals surface area contributed by atoms with E-state index in [2.05, 4.69) is 4.98 Å². The Kier molecular flexibility index (Phi) is 4.90. The summed E-state index contributed by atoms with van der Waals surface area (Å²) < 4.78 is 11.9. The maximum Gasteiger partial charge on any atom is 0.351 e. The Balaban J connectivity index is 1.64. The number of hydrogen-bond acceptors (Lipinski definition) is 9. The van der Waals surface area contributed by atoms with E-state index in [-0.39, 0.29) is 12.4 Å². The van der Waals surface area contributed by atoms with Gasteiger partial charge in [0.1, 0.15) is 24.1 Å². The summed E-state index contributed by atoms with van der Waals surface area (Å²) in [6.07, 6.45) is -2.87. The Bertz CT molecular complexity index is 590. The number of aromatic nitrogens is 2. The molecule has 4 N–H and O–H groups in total. The van der Waals surface area contributed by atoms with Crippen LogP contribution in [0, 0.1) is 0 Å². The smallest absolute Gasteiger partial charge is 0.351 e. The normalized spacial score (nSPS) is 32.3. The second kappa shape index (κ2) is 6.91. The van der Waals surface area contributed by atoms with Crippen LogP contribution in [0.2, 0.25) is 0 Å². The predicted molar refractivity (Wildman–Crippen MR) is 77.2 cm³/mol. The molecule has 0 amide bonds. The molecule has 2 fully saturated rings. The quantitative estimate of drug-likeness (QED) is 0.558. The minimum Gasteiger partial charge on any atom is -0.387 e. The zero-order valence-corrected chi connectivity index (χ0v) is 12.4. The van der Waals surface area contributed by atoms with Gasteiger partial charge in [0, 0.05) is 19.3 Å². The summed E-state index contributed by atoms with van der Waals surface area (Å²) in [7, 11) is 0. The second-order valence-corrected chi connectivity index (χ2v) is 5.43. The number of nitrogens with zero attached hydrogens (tertiary/aromatic N) is 3.